The van der Waals surface area contributed by atoms with E-state index in [1.165, 1.54) is 33.4 Å². The van der Waals surface area contributed by atoms with E-state index in [-0.39, 0.29) is 24.8 Å². The minimum Gasteiger partial charge on any atom is -1.00 e. The molecule has 0 amide bonds. The molecule has 0 fully saturated rings. The molecule has 32 heavy (non-hydrogen) atoms. The van der Waals surface area contributed by atoms with Gasteiger partial charge >= 0.3 is 185 Å². The van der Waals surface area contributed by atoms with Gasteiger partial charge < -0.3 is 24.8 Å². The van der Waals surface area contributed by atoms with Gasteiger partial charge in [0.25, 0.3) is 0 Å². The quantitative estimate of drug-likeness (QED) is 0.290. The van der Waals surface area contributed by atoms with Gasteiger partial charge in [-0.3, -0.25) is 0 Å². The Bertz CT molecular complexity index is 1260. The number of hydrogen-bond donors (Lipinski definition) is 0. The summed E-state index contributed by atoms with van der Waals surface area (Å²) in [5.74, 6) is 0. The minimum absolute atomic E-state index is 0. The Morgan fingerprint density at radius 2 is 0.938 bits per heavy atom. The number of hydrogen-bond acceptors (Lipinski definition) is 0. The molecule has 0 N–H and O–H groups in total. The Hall–Kier alpha value is -1.96. The zero-order chi connectivity index (χ0) is 20.2. The van der Waals surface area contributed by atoms with Crippen molar-refractivity contribution in [2.75, 3.05) is 0 Å². The smallest absolute Gasteiger partial charge is 1.00 e. The van der Waals surface area contributed by atoms with Gasteiger partial charge in [0, 0.05) is 0 Å². The van der Waals surface area contributed by atoms with Gasteiger partial charge in [-0.2, -0.15) is 0 Å². The summed E-state index contributed by atoms with van der Waals surface area (Å²) in [6.07, 6.45) is 2.17. The summed E-state index contributed by atoms with van der Waals surface area (Å²) in [7, 11) is 0. The molecule has 4 aromatic carbocycles. The van der Waals surface area contributed by atoms with Crippen molar-refractivity contribution >= 4 is 11.5 Å². The Labute approximate surface area is 208 Å². The maximum atomic E-state index is 2.44. The van der Waals surface area contributed by atoms with Crippen LogP contribution in [0.4, 0.5) is 0 Å². The first-order chi connectivity index (χ1) is 14.7. The van der Waals surface area contributed by atoms with E-state index >= 15 is 0 Å². The van der Waals surface area contributed by atoms with Crippen molar-refractivity contribution in [3.05, 3.63) is 107 Å². The zero-order valence-electron chi connectivity index (χ0n) is 18.3. The Kier molecular flexibility index (Phi) is 6.62. The van der Waals surface area contributed by atoms with Crippen molar-refractivity contribution in [3.63, 3.8) is 0 Å². The van der Waals surface area contributed by atoms with Crippen LogP contribution in [0.15, 0.2) is 84.9 Å². The van der Waals surface area contributed by atoms with Crippen LogP contribution in [-0.2, 0) is 30.2 Å². The van der Waals surface area contributed by atoms with E-state index in [0.29, 0.717) is 0 Å². The molecule has 0 nitrogen and oxygen atoms in total. The van der Waals surface area contributed by atoms with Crippen molar-refractivity contribution in [3.8, 4) is 22.3 Å². The van der Waals surface area contributed by atoms with Gasteiger partial charge in [0.2, 0.25) is 0 Å². The zero-order valence-corrected chi connectivity index (χ0v) is 21.3. The molecule has 0 heterocycles. The van der Waals surface area contributed by atoms with Crippen LogP contribution in [0.3, 0.4) is 0 Å². The molecule has 0 aliphatic heterocycles. The molecule has 2 aliphatic rings. The molecule has 0 radical (unpaired) electrons. The predicted octanol–water partition coefficient (Wildman–Crippen LogP) is -0.382. The molecule has 0 spiro atoms. The summed E-state index contributed by atoms with van der Waals surface area (Å²) >= 11 is -1.82. The molecule has 0 bridgehead atoms. The van der Waals surface area contributed by atoms with Crippen LogP contribution in [0.25, 0.3) is 22.3 Å². The van der Waals surface area contributed by atoms with E-state index in [9.17, 15) is 0 Å². The summed E-state index contributed by atoms with van der Waals surface area (Å²) in [5.41, 5.74) is 11.9. The molecule has 0 atom stereocenters. The number of rotatable bonds is 2. The maximum absolute atomic E-state index is 2.44. The van der Waals surface area contributed by atoms with Gasteiger partial charge in [-0.05, 0) is 0 Å². The summed E-state index contributed by atoms with van der Waals surface area (Å²) in [6.45, 7) is 4.75. The van der Waals surface area contributed by atoms with E-state index in [2.05, 4.69) is 98.8 Å². The number of halogens is 2. The molecule has 0 unspecified atom stereocenters. The molecule has 158 valence electrons. The molecule has 3 heteroatoms. The average Bonchev–Trinajstić information content (AvgIpc) is 3.33. The summed E-state index contributed by atoms with van der Waals surface area (Å²) in [6, 6.07) is 32.0. The van der Waals surface area contributed by atoms with Crippen molar-refractivity contribution < 1.29 is 42.2 Å². The first kappa shape index (κ1) is 23.2. The first-order valence-electron chi connectivity index (χ1n) is 10.8. The van der Waals surface area contributed by atoms with Crippen LogP contribution in [0.2, 0.25) is 0 Å². The second kappa shape index (κ2) is 9.12. The molecule has 4 aromatic rings. The number of benzene rings is 4. The fourth-order valence-electron chi connectivity index (χ4n) is 5.47. The Morgan fingerprint density at radius 3 is 1.38 bits per heavy atom. The van der Waals surface area contributed by atoms with Crippen LogP contribution < -0.4 is 32.6 Å². The molecule has 6 rings (SSSR count). The van der Waals surface area contributed by atoms with Crippen LogP contribution >= 0.6 is 0 Å². The summed E-state index contributed by atoms with van der Waals surface area (Å²) < 4.78 is 4.92. The normalized spacial score (nSPS) is 11.7. The van der Waals surface area contributed by atoms with Crippen LogP contribution in [-0.4, -0.2) is 3.81 Å². The fraction of sp³-hybridized carbons (Fsp3) is 0.138. The molecular formula is C29H24Cl2Ti. The third-order valence-corrected chi connectivity index (χ3v) is 11.4. The summed E-state index contributed by atoms with van der Waals surface area (Å²) in [5, 5.41) is 0. The average molecular weight is 491 g/mol. The first-order valence-corrected chi connectivity index (χ1v) is 13.1. The van der Waals surface area contributed by atoms with Crippen molar-refractivity contribution in [2.45, 2.75) is 26.7 Å². The molecule has 2 aliphatic carbocycles. The van der Waals surface area contributed by atoms with E-state index in [1.54, 1.807) is 22.7 Å². The molecule has 0 saturated carbocycles. The Balaban J connectivity index is 0.00000122. The summed E-state index contributed by atoms with van der Waals surface area (Å²) in [4.78, 5) is 0. The van der Waals surface area contributed by atoms with Gasteiger partial charge in [-0.15, -0.1) is 0 Å². The van der Waals surface area contributed by atoms with Gasteiger partial charge in [-0.1, -0.05) is 0 Å². The van der Waals surface area contributed by atoms with E-state index < -0.39 is 17.4 Å². The van der Waals surface area contributed by atoms with Crippen LogP contribution in [0, 0.1) is 0 Å². The minimum atomic E-state index is -1.82. The van der Waals surface area contributed by atoms with Gasteiger partial charge in [0.1, 0.15) is 0 Å². The van der Waals surface area contributed by atoms with Gasteiger partial charge in [0.15, 0.2) is 0 Å². The van der Waals surface area contributed by atoms with E-state index in [1.807, 2.05) is 0 Å². The predicted molar refractivity (Wildman–Crippen MR) is 125 cm³/mol. The molecule has 0 saturated heterocycles. The van der Waals surface area contributed by atoms with Crippen LogP contribution in [0.5, 0.6) is 0 Å². The topological polar surface area (TPSA) is 0 Å². The van der Waals surface area contributed by atoms with Gasteiger partial charge in [-0.25, -0.2) is 0 Å². The monoisotopic (exact) mass is 490 g/mol. The largest absolute Gasteiger partial charge is 1.00 e. The Morgan fingerprint density at radius 1 is 0.531 bits per heavy atom. The third kappa shape index (κ3) is 3.55. The van der Waals surface area contributed by atoms with Gasteiger partial charge in [0.05, 0.1) is 0 Å². The standard InChI is InChI=1S/2C13H9.C3H6.2ClH.Ti/c2*1-3-7-12-10(5-1)9-11-6-2-4-8-13(11)12;1-3-2;;;/h2*1-5,7-8H,9H2;1-2H3;2*1H;/q;;;;;+2/p-2. The fourth-order valence-corrected chi connectivity index (χ4v) is 10.1. The van der Waals surface area contributed by atoms with Crippen LogP contribution in [0.1, 0.15) is 36.1 Å². The maximum Gasteiger partial charge on any atom is -1.00 e. The van der Waals surface area contributed by atoms with Crippen molar-refractivity contribution in [1.82, 2.24) is 0 Å². The van der Waals surface area contributed by atoms with E-state index in [0.717, 1.165) is 12.8 Å². The van der Waals surface area contributed by atoms with E-state index in [4.69, 9.17) is 0 Å². The third-order valence-electron chi connectivity index (χ3n) is 6.74. The molecular weight excluding hydrogens is 467 g/mol. The van der Waals surface area contributed by atoms with Crippen molar-refractivity contribution in [2.24, 2.45) is 0 Å². The molecule has 0 aromatic heterocycles. The SMILES string of the molecule is C[C](C)=[Ti+2]([c]1cccc2c1Cc1ccccc1-2)[c]1cccc2c1Cc1ccccc1-2.[Cl-].[Cl-]. The number of fused-ring (bicyclic) bond motifs is 6. The second-order valence-electron chi connectivity index (χ2n) is 8.71. The second-order valence-corrected chi connectivity index (χ2v) is 13.1. The van der Waals surface area contributed by atoms with Crippen molar-refractivity contribution in [1.29, 1.82) is 0 Å².